The topological polar surface area (TPSA) is 15.3 Å². The van der Waals surface area contributed by atoms with Crippen molar-refractivity contribution in [3.8, 4) is 0 Å². The van der Waals surface area contributed by atoms with Gasteiger partial charge in [-0.3, -0.25) is 0 Å². The van der Waals surface area contributed by atoms with Crippen molar-refractivity contribution in [1.82, 2.24) is 10.2 Å². The number of halogens is 1. The van der Waals surface area contributed by atoms with Gasteiger partial charge < -0.3 is 10.2 Å². The molecule has 3 rings (SSSR count). The Hall–Kier alpha value is -0.570. The zero-order chi connectivity index (χ0) is 12.4. The van der Waals surface area contributed by atoms with Crippen LogP contribution in [0.25, 0.3) is 0 Å². The second-order valence-corrected chi connectivity index (χ2v) is 6.04. The summed E-state index contributed by atoms with van der Waals surface area (Å²) in [6.07, 6.45) is 1.39. The van der Waals surface area contributed by atoms with Crippen molar-refractivity contribution in [3.63, 3.8) is 0 Å². The summed E-state index contributed by atoms with van der Waals surface area (Å²) in [4.78, 5) is 2.67. The summed E-state index contributed by atoms with van der Waals surface area (Å²) in [5, 5.41) is 3.54. The van der Waals surface area contributed by atoms with Crippen molar-refractivity contribution in [3.05, 3.63) is 35.9 Å². The van der Waals surface area contributed by atoms with Crippen LogP contribution >= 0.6 is 12.4 Å². The SMILES string of the molecule is CC(CN1CCC2CNCC2C1)c1ccccc1.Cl. The van der Waals surface area contributed by atoms with Gasteiger partial charge in [0.1, 0.15) is 0 Å². The van der Waals surface area contributed by atoms with Crippen molar-refractivity contribution in [2.24, 2.45) is 11.8 Å². The number of hydrogen-bond donors (Lipinski definition) is 1. The minimum atomic E-state index is 0. The standard InChI is InChI=1S/C16H24N2.ClH/c1-13(14-5-3-2-4-6-14)11-18-8-7-15-9-17-10-16(15)12-18;/h2-6,13,15-17H,7-12H2,1H3;1H. The average Bonchev–Trinajstić information content (AvgIpc) is 2.87. The highest BCUT2D eigenvalue weighted by molar-refractivity contribution is 5.85. The molecule has 2 nitrogen and oxygen atoms in total. The lowest BCUT2D eigenvalue weighted by Gasteiger charge is -2.36. The molecule has 1 aromatic carbocycles. The Balaban J connectivity index is 0.00000133. The van der Waals surface area contributed by atoms with Gasteiger partial charge in [-0.05, 0) is 49.4 Å². The Kier molecular flexibility index (Phi) is 5.26. The van der Waals surface area contributed by atoms with Gasteiger partial charge in [0.05, 0.1) is 0 Å². The molecule has 2 aliphatic heterocycles. The van der Waals surface area contributed by atoms with Gasteiger partial charge in [-0.15, -0.1) is 12.4 Å². The molecule has 0 amide bonds. The zero-order valence-electron chi connectivity index (χ0n) is 11.7. The van der Waals surface area contributed by atoms with Crippen molar-refractivity contribution >= 4 is 12.4 Å². The molecule has 3 heteroatoms. The molecule has 0 bridgehead atoms. The summed E-state index contributed by atoms with van der Waals surface area (Å²) < 4.78 is 0. The van der Waals surface area contributed by atoms with Crippen LogP contribution in [-0.2, 0) is 0 Å². The summed E-state index contributed by atoms with van der Waals surface area (Å²) >= 11 is 0. The Morgan fingerprint density at radius 3 is 2.74 bits per heavy atom. The number of piperidine rings is 1. The summed E-state index contributed by atoms with van der Waals surface area (Å²) in [7, 11) is 0. The first-order valence-electron chi connectivity index (χ1n) is 7.31. The Bertz CT molecular complexity index is 382. The van der Waals surface area contributed by atoms with E-state index in [0.29, 0.717) is 5.92 Å². The molecule has 0 radical (unpaired) electrons. The lowest BCUT2D eigenvalue weighted by molar-refractivity contribution is 0.143. The van der Waals surface area contributed by atoms with Crippen LogP contribution in [0.1, 0.15) is 24.8 Å². The summed E-state index contributed by atoms with van der Waals surface area (Å²) in [5.41, 5.74) is 1.48. The Labute approximate surface area is 123 Å². The smallest absolute Gasteiger partial charge is 0.00477 e. The van der Waals surface area contributed by atoms with E-state index in [-0.39, 0.29) is 12.4 Å². The first-order chi connectivity index (χ1) is 8.83. The van der Waals surface area contributed by atoms with Crippen molar-refractivity contribution < 1.29 is 0 Å². The molecule has 3 unspecified atom stereocenters. The number of nitrogens with one attached hydrogen (secondary N) is 1. The lowest BCUT2D eigenvalue weighted by Crippen LogP contribution is -2.41. The fourth-order valence-corrected chi connectivity index (χ4v) is 3.55. The second kappa shape index (κ2) is 6.74. The number of fused-ring (bicyclic) bond motifs is 1. The minimum absolute atomic E-state index is 0. The first kappa shape index (κ1) is 14.8. The predicted octanol–water partition coefficient (Wildman–Crippen LogP) is 2.75. The fraction of sp³-hybridized carbons (Fsp3) is 0.625. The molecule has 0 aliphatic carbocycles. The number of nitrogens with zero attached hydrogens (tertiary/aromatic N) is 1. The zero-order valence-corrected chi connectivity index (χ0v) is 12.5. The van der Waals surface area contributed by atoms with Gasteiger partial charge in [-0.25, -0.2) is 0 Å². The summed E-state index contributed by atoms with van der Waals surface area (Å²) in [5.74, 6) is 2.51. The molecular weight excluding hydrogens is 256 g/mol. The maximum Gasteiger partial charge on any atom is 0.00477 e. The van der Waals surface area contributed by atoms with E-state index in [1.165, 1.54) is 44.7 Å². The van der Waals surface area contributed by atoms with E-state index in [1.807, 2.05) is 0 Å². The number of hydrogen-bond acceptors (Lipinski definition) is 2. The van der Waals surface area contributed by atoms with E-state index in [1.54, 1.807) is 0 Å². The highest BCUT2D eigenvalue weighted by Gasteiger charge is 2.32. The van der Waals surface area contributed by atoms with E-state index in [2.05, 4.69) is 47.5 Å². The van der Waals surface area contributed by atoms with Crippen LogP contribution in [0, 0.1) is 11.8 Å². The van der Waals surface area contributed by atoms with Crippen LogP contribution in [-0.4, -0.2) is 37.6 Å². The van der Waals surface area contributed by atoms with Gasteiger partial charge in [0, 0.05) is 13.1 Å². The van der Waals surface area contributed by atoms with Crippen LogP contribution in [0.3, 0.4) is 0 Å². The molecule has 0 spiro atoms. The van der Waals surface area contributed by atoms with E-state index < -0.39 is 0 Å². The Morgan fingerprint density at radius 1 is 1.21 bits per heavy atom. The van der Waals surface area contributed by atoms with Crippen LogP contribution in [0.15, 0.2) is 30.3 Å². The Morgan fingerprint density at radius 2 is 1.95 bits per heavy atom. The third kappa shape index (κ3) is 3.50. The van der Waals surface area contributed by atoms with Gasteiger partial charge in [0.25, 0.3) is 0 Å². The van der Waals surface area contributed by atoms with Crippen LogP contribution in [0.2, 0.25) is 0 Å². The average molecular weight is 281 g/mol. The second-order valence-electron chi connectivity index (χ2n) is 6.04. The molecule has 2 saturated heterocycles. The van der Waals surface area contributed by atoms with E-state index in [0.717, 1.165) is 11.8 Å². The van der Waals surface area contributed by atoms with Crippen molar-refractivity contribution in [2.45, 2.75) is 19.3 Å². The highest BCUT2D eigenvalue weighted by Crippen LogP contribution is 2.28. The van der Waals surface area contributed by atoms with Crippen LogP contribution < -0.4 is 5.32 Å². The van der Waals surface area contributed by atoms with Gasteiger partial charge in [0.15, 0.2) is 0 Å². The minimum Gasteiger partial charge on any atom is -0.316 e. The molecule has 2 fully saturated rings. The first-order valence-corrected chi connectivity index (χ1v) is 7.31. The third-order valence-corrected chi connectivity index (χ3v) is 4.69. The quantitative estimate of drug-likeness (QED) is 0.916. The van der Waals surface area contributed by atoms with Crippen molar-refractivity contribution in [2.75, 3.05) is 32.7 Å². The lowest BCUT2D eigenvalue weighted by atomic mass is 9.88. The maximum absolute atomic E-state index is 3.54. The van der Waals surface area contributed by atoms with E-state index >= 15 is 0 Å². The molecule has 1 aromatic rings. The molecular formula is C16H25ClN2. The predicted molar refractivity (Wildman–Crippen MR) is 83.0 cm³/mol. The van der Waals surface area contributed by atoms with Crippen molar-refractivity contribution in [1.29, 1.82) is 0 Å². The summed E-state index contributed by atoms with van der Waals surface area (Å²) in [6, 6.07) is 10.9. The van der Waals surface area contributed by atoms with Crippen LogP contribution in [0.4, 0.5) is 0 Å². The van der Waals surface area contributed by atoms with Gasteiger partial charge in [-0.1, -0.05) is 37.3 Å². The van der Waals surface area contributed by atoms with Gasteiger partial charge in [-0.2, -0.15) is 0 Å². The van der Waals surface area contributed by atoms with E-state index in [9.17, 15) is 0 Å². The molecule has 3 atom stereocenters. The monoisotopic (exact) mass is 280 g/mol. The number of likely N-dealkylation sites (tertiary alicyclic amines) is 1. The molecule has 19 heavy (non-hydrogen) atoms. The molecule has 2 heterocycles. The molecule has 1 N–H and O–H groups in total. The number of benzene rings is 1. The third-order valence-electron chi connectivity index (χ3n) is 4.69. The maximum atomic E-state index is 3.54. The van der Waals surface area contributed by atoms with Gasteiger partial charge >= 0.3 is 0 Å². The molecule has 0 aromatic heterocycles. The van der Waals surface area contributed by atoms with E-state index in [4.69, 9.17) is 0 Å². The fourth-order valence-electron chi connectivity index (χ4n) is 3.55. The normalized spacial score (nSPS) is 28.5. The molecule has 0 saturated carbocycles. The van der Waals surface area contributed by atoms with Crippen LogP contribution in [0.5, 0.6) is 0 Å². The largest absolute Gasteiger partial charge is 0.316 e. The number of rotatable bonds is 3. The molecule has 2 aliphatic rings. The van der Waals surface area contributed by atoms with Gasteiger partial charge in [0.2, 0.25) is 0 Å². The molecule has 106 valence electrons. The highest BCUT2D eigenvalue weighted by atomic mass is 35.5. The summed E-state index contributed by atoms with van der Waals surface area (Å²) in [6.45, 7) is 8.66.